The highest BCUT2D eigenvalue weighted by molar-refractivity contribution is 7.98. The van der Waals surface area contributed by atoms with Gasteiger partial charge in [0.25, 0.3) is 0 Å². The van der Waals surface area contributed by atoms with Gasteiger partial charge in [-0.1, -0.05) is 16.4 Å². The lowest BCUT2D eigenvalue weighted by molar-refractivity contribution is -0.734. The van der Waals surface area contributed by atoms with Crippen LogP contribution >= 0.6 is 11.8 Å². The average Bonchev–Trinajstić information content (AvgIpc) is 2.76. The molecular weight excluding hydrogens is 254 g/mol. The summed E-state index contributed by atoms with van der Waals surface area (Å²) in [7, 11) is 1.80. The van der Waals surface area contributed by atoms with E-state index >= 15 is 0 Å². The van der Waals surface area contributed by atoms with Gasteiger partial charge in [0.1, 0.15) is 12.5 Å². The molecule has 0 bridgehead atoms. The van der Waals surface area contributed by atoms with Crippen LogP contribution in [0.3, 0.4) is 0 Å². The standard InChI is InChI=1S/C10H11N5O2S/c1-14-6-11-10(13-14)8-2-3-15(12-4-8)7-18-5-9(16)17/h2-4,6H,5,7H2,1H3/p+1. The summed E-state index contributed by atoms with van der Waals surface area (Å²) in [5.41, 5.74) is 0.829. The molecule has 18 heavy (non-hydrogen) atoms. The lowest BCUT2D eigenvalue weighted by Gasteiger charge is -1.94. The molecule has 0 aromatic carbocycles. The molecule has 0 aliphatic rings. The summed E-state index contributed by atoms with van der Waals surface area (Å²) in [5.74, 6) is 0.366. The van der Waals surface area contributed by atoms with E-state index in [0.29, 0.717) is 11.7 Å². The van der Waals surface area contributed by atoms with E-state index in [9.17, 15) is 4.79 Å². The van der Waals surface area contributed by atoms with Gasteiger partial charge in [-0.2, -0.15) is 5.10 Å². The molecule has 0 fully saturated rings. The Morgan fingerprint density at radius 3 is 3.00 bits per heavy atom. The van der Waals surface area contributed by atoms with Crippen molar-refractivity contribution in [3.8, 4) is 11.4 Å². The van der Waals surface area contributed by atoms with Crippen molar-refractivity contribution in [1.82, 2.24) is 19.9 Å². The van der Waals surface area contributed by atoms with Crippen molar-refractivity contribution in [2.75, 3.05) is 5.75 Å². The molecule has 0 radical (unpaired) electrons. The number of aromatic nitrogens is 5. The van der Waals surface area contributed by atoms with Gasteiger partial charge in [0.05, 0.1) is 11.3 Å². The summed E-state index contributed by atoms with van der Waals surface area (Å²) in [4.78, 5) is 14.5. The molecule has 2 heterocycles. The second-order valence-corrected chi connectivity index (χ2v) is 4.52. The maximum atomic E-state index is 10.4. The predicted octanol–water partition coefficient (Wildman–Crippen LogP) is -0.0601. The third-order valence-electron chi connectivity index (χ3n) is 2.08. The fourth-order valence-electron chi connectivity index (χ4n) is 1.29. The second-order valence-electron chi connectivity index (χ2n) is 3.57. The van der Waals surface area contributed by atoms with Crippen LogP contribution in [0.1, 0.15) is 0 Å². The van der Waals surface area contributed by atoms with Crippen LogP contribution in [0, 0.1) is 0 Å². The monoisotopic (exact) mass is 266 g/mol. The lowest BCUT2D eigenvalue weighted by Crippen LogP contribution is -2.36. The molecule has 0 spiro atoms. The first kappa shape index (κ1) is 12.5. The summed E-state index contributed by atoms with van der Waals surface area (Å²) in [5, 5.41) is 16.9. The Morgan fingerprint density at radius 1 is 1.61 bits per heavy atom. The van der Waals surface area contributed by atoms with Gasteiger partial charge in [-0.15, -0.1) is 0 Å². The molecule has 0 aliphatic heterocycles. The summed E-state index contributed by atoms with van der Waals surface area (Å²) >= 11 is 1.29. The minimum Gasteiger partial charge on any atom is -0.481 e. The Hall–Kier alpha value is -1.96. The molecule has 0 unspecified atom stereocenters. The first-order valence-electron chi connectivity index (χ1n) is 5.16. The van der Waals surface area contributed by atoms with Crippen LogP contribution < -0.4 is 4.68 Å². The average molecular weight is 266 g/mol. The summed E-state index contributed by atoms with van der Waals surface area (Å²) in [6, 6.07) is 1.85. The zero-order chi connectivity index (χ0) is 13.0. The summed E-state index contributed by atoms with van der Waals surface area (Å²) in [6.45, 7) is 0. The van der Waals surface area contributed by atoms with E-state index in [1.54, 1.807) is 35.1 Å². The summed E-state index contributed by atoms with van der Waals surface area (Å²) < 4.78 is 3.29. The maximum absolute atomic E-state index is 10.4. The van der Waals surface area contributed by atoms with Gasteiger partial charge < -0.3 is 5.11 Å². The van der Waals surface area contributed by atoms with Crippen molar-refractivity contribution in [3.63, 3.8) is 0 Å². The normalized spacial score (nSPS) is 10.5. The molecular formula is C10H12N5O2S+. The number of thioether (sulfide) groups is 1. The van der Waals surface area contributed by atoms with Crippen LogP contribution in [0.15, 0.2) is 24.8 Å². The quantitative estimate of drug-likeness (QED) is 0.763. The first-order valence-corrected chi connectivity index (χ1v) is 6.32. The zero-order valence-electron chi connectivity index (χ0n) is 9.72. The highest BCUT2D eigenvalue weighted by atomic mass is 32.2. The molecule has 1 N–H and O–H groups in total. The molecule has 0 aliphatic carbocycles. The van der Waals surface area contributed by atoms with Crippen molar-refractivity contribution in [1.29, 1.82) is 0 Å². The molecule has 0 atom stereocenters. The molecule has 7 nitrogen and oxygen atoms in total. The molecule has 2 aromatic rings. The van der Waals surface area contributed by atoms with E-state index in [4.69, 9.17) is 5.11 Å². The molecule has 0 saturated heterocycles. The molecule has 0 saturated carbocycles. The predicted molar refractivity (Wildman–Crippen MR) is 64.5 cm³/mol. The zero-order valence-corrected chi connectivity index (χ0v) is 10.5. The molecule has 8 heteroatoms. The molecule has 0 amide bonds. The van der Waals surface area contributed by atoms with Crippen LogP contribution in [0.5, 0.6) is 0 Å². The number of carboxylic acid groups (broad SMARTS) is 1. The van der Waals surface area contributed by atoms with Crippen molar-refractivity contribution in [2.45, 2.75) is 5.88 Å². The molecule has 94 valence electrons. The van der Waals surface area contributed by atoms with Gasteiger partial charge in [0, 0.05) is 13.1 Å². The number of carbonyl (C=O) groups is 1. The van der Waals surface area contributed by atoms with Crippen LogP contribution in [-0.4, -0.2) is 36.7 Å². The second kappa shape index (κ2) is 5.58. The Labute approximate surface area is 107 Å². The third-order valence-corrected chi connectivity index (χ3v) is 2.98. The Morgan fingerprint density at radius 2 is 2.44 bits per heavy atom. The SMILES string of the molecule is Cn1cnc(-c2cc[n+](CSCC(=O)O)nc2)n1. The number of aryl methyl sites for hydroxylation is 1. The van der Waals surface area contributed by atoms with Crippen molar-refractivity contribution >= 4 is 17.7 Å². The third kappa shape index (κ3) is 3.27. The number of carboxylic acids is 1. The van der Waals surface area contributed by atoms with Crippen molar-refractivity contribution in [3.05, 3.63) is 24.8 Å². The number of nitrogens with zero attached hydrogens (tertiary/aromatic N) is 5. The number of rotatable bonds is 5. The van der Waals surface area contributed by atoms with E-state index < -0.39 is 5.97 Å². The number of hydrogen-bond donors (Lipinski definition) is 1. The number of hydrogen-bond acceptors (Lipinski definition) is 5. The minimum atomic E-state index is -0.824. The maximum Gasteiger partial charge on any atom is 0.313 e. The first-order chi connectivity index (χ1) is 8.65. The van der Waals surface area contributed by atoms with E-state index in [1.807, 2.05) is 6.07 Å². The topological polar surface area (TPSA) is 84.8 Å². The Kier molecular flexibility index (Phi) is 3.88. The van der Waals surface area contributed by atoms with Gasteiger partial charge in [-0.25, -0.2) is 4.98 Å². The number of aliphatic carboxylic acids is 1. The van der Waals surface area contributed by atoms with Crippen molar-refractivity contribution in [2.24, 2.45) is 7.05 Å². The van der Waals surface area contributed by atoms with E-state index in [-0.39, 0.29) is 5.75 Å². The van der Waals surface area contributed by atoms with Crippen molar-refractivity contribution < 1.29 is 14.6 Å². The van der Waals surface area contributed by atoms with Gasteiger partial charge in [-0.3, -0.25) is 9.48 Å². The van der Waals surface area contributed by atoms with Crippen LogP contribution in [-0.2, 0) is 17.7 Å². The van der Waals surface area contributed by atoms with Gasteiger partial charge >= 0.3 is 5.97 Å². The highest BCUT2D eigenvalue weighted by Crippen LogP contribution is 2.10. The fraction of sp³-hybridized carbons (Fsp3) is 0.300. The Bertz CT molecular complexity index is 539. The van der Waals surface area contributed by atoms with Crippen LogP contribution in [0.4, 0.5) is 0 Å². The van der Waals surface area contributed by atoms with Gasteiger partial charge in [-0.05, 0) is 5.10 Å². The van der Waals surface area contributed by atoms with Gasteiger partial charge in [0.2, 0.25) is 5.88 Å². The minimum absolute atomic E-state index is 0.0677. The summed E-state index contributed by atoms with van der Waals surface area (Å²) in [6.07, 6.45) is 5.07. The van der Waals surface area contributed by atoms with Gasteiger partial charge in [0.15, 0.2) is 12.0 Å². The van der Waals surface area contributed by atoms with Crippen LogP contribution in [0.25, 0.3) is 11.4 Å². The fourth-order valence-corrected chi connectivity index (χ4v) is 1.90. The van der Waals surface area contributed by atoms with Crippen LogP contribution in [0.2, 0.25) is 0 Å². The lowest BCUT2D eigenvalue weighted by atomic mass is 10.3. The smallest absolute Gasteiger partial charge is 0.313 e. The van der Waals surface area contributed by atoms with E-state index in [0.717, 1.165) is 5.56 Å². The van der Waals surface area contributed by atoms with E-state index in [2.05, 4.69) is 15.2 Å². The Balaban J connectivity index is 1.99. The highest BCUT2D eigenvalue weighted by Gasteiger charge is 2.08. The largest absolute Gasteiger partial charge is 0.481 e. The molecule has 2 rings (SSSR count). The van der Waals surface area contributed by atoms with E-state index in [1.165, 1.54) is 11.8 Å². The molecule has 2 aromatic heterocycles.